The minimum atomic E-state index is -4.34. The molecular weight excluding hydrogens is 375 g/mol. The number of benzene rings is 1. The lowest BCUT2D eigenvalue weighted by molar-refractivity contribution is -0.137. The standard InChI is InChI=1S/C12H6Br2F3N/c13-10-6-18-11(14)5-9(10)7-2-1-3-8(4-7)12(15,16)17/h1-6H. The molecule has 1 aromatic heterocycles. The summed E-state index contributed by atoms with van der Waals surface area (Å²) >= 11 is 6.48. The monoisotopic (exact) mass is 379 g/mol. The number of nitrogens with zero attached hydrogens (tertiary/aromatic N) is 1. The van der Waals surface area contributed by atoms with E-state index in [2.05, 4.69) is 36.8 Å². The van der Waals surface area contributed by atoms with Gasteiger partial charge in [-0.3, -0.25) is 0 Å². The minimum Gasteiger partial charge on any atom is -0.248 e. The molecule has 2 aromatic rings. The highest BCUT2D eigenvalue weighted by atomic mass is 79.9. The SMILES string of the molecule is FC(F)(F)c1cccc(-c2cc(Br)ncc2Br)c1. The molecule has 1 nitrogen and oxygen atoms in total. The van der Waals surface area contributed by atoms with Crippen LogP contribution < -0.4 is 0 Å². The zero-order chi connectivity index (χ0) is 13.3. The first-order valence-electron chi connectivity index (χ1n) is 4.86. The summed E-state index contributed by atoms with van der Waals surface area (Å²) < 4.78 is 39.1. The Morgan fingerprint density at radius 1 is 1.06 bits per heavy atom. The van der Waals surface area contributed by atoms with Crippen LogP contribution in [0.4, 0.5) is 13.2 Å². The van der Waals surface area contributed by atoms with Gasteiger partial charge in [0.1, 0.15) is 4.60 Å². The number of pyridine rings is 1. The van der Waals surface area contributed by atoms with Crippen LogP contribution in [0, 0.1) is 0 Å². The van der Waals surface area contributed by atoms with Crippen LogP contribution >= 0.6 is 31.9 Å². The molecule has 0 spiro atoms. The zero-order valence-electron chi connectivity index (χ0n) is 8.80. The molecule has 0 unspecified atom stereocenters. The van der Waals surface area contributed by atoms with E-state index >= 15 is 0 Å². The Bertz CT molecular complexity index is 582. The van der Waals surface area contributed by atoms with Gasteiger partial charge in [-0.05, 0) is 55.6 Å². The summed E-state index contributed by atoms with van der Waals surface area (Å²) in [7, 11) is 0. The number of aromatic nitrogens is 1. The van der Waals surface area contributed by atoms with Crippen LogP contribution in [0.2, 0.25) is 0 Å². The molecule has 1 aromatic carbocycles. The molecular formula is C12H6Br2F3N. The quantitative estimate of drug-likeness (QED) is 0.612. The van der Waals surface area contributed by atoms with Crippen LogP contribution in [0.3, 0.4) is 0 Å². The van der Waals surface area contributed by atoms with E-state index in [0.717, 1.165) is 12.1 Å². The molecule has 0 aliphatic rings. The van der Waals surface area contributed by atoms with Crippen molar-refractivity contribution in [3.63, 3.8) is 0 Å². The third-order valence-corrected chi connectivity index (χ3v) is 3.39. The topological polar surface area (TPSA) is 12.9 Å². The van der Waals surface area contributed by atoms with Gasteiger partial charge in [-0.25, -0.2) is 4.98 Å². The summed E-state index contributed by atoms with van der Waals surface area (Å²) in [5.74, 6) is 0. The molecule has 2 rings (SSSR count). The van der Waals surface area contributed by atoms with Crippen molar-refractivity contribution in [2.45, 2.75) is 6.18 Å². The van der Waals surface area contributed by atoms with Crippen molar-refractivity contribution in [2.24, 2.45) is 0 Å². The molecule has 0 saturated carbocycles. The Morgan fingerprint density at radius 3 is 2.44 bits per heavy atom. The third-order valence-electron chi connectivity index (χ3n) is 2.32. The summed E-state index contributed by atoms with van der Waals surface area (Å²) in [5.41, 5.74) is 0.475. The maximum atomic E-state index is 12.6. The van der Waals surface area contributed by atoms with Crippen LogP contribution in [0.5, 0.6) is 0 Å². The van der Waals surface area contributed by atoms with E-state index in [1.54, 1.807) is 18.3 Å². The largest absolute Gasteiger partial charge is 0.416 e. The van der Waals surface area contributed by atoms with Crippen molar-refractivity contribution >= 4 is 31.9 Å². The van der Waals surface area contributed by atoms with Gasteiger partial charge in [0.15, 0.2) is 0 Å². The van der Waals surface area contributed by atoms with E-state index in [0.29, 0.717) is 20.2 Å². The highest BCUT2D eigenvalue weighted by Gasteiger charge is 2.30. The second-order valence-corrected chi connectivity index (χ2v) is 5.23. The van der Waals surface area contributed by atoms with Gasteiger partial charge in [0.2, 0.25) is 0 Å². The van der Waals surface area contributed by atoms with E-state index in [9.17, 15) is 13.2 Å². The Labute approximate surface area is 118 Å². The summed E-state index contributed by atoms with van der Waals surface area (Å²) in [4.78, 5) is 3.98. The summed E-state index contributed by atoms with van der Waals surface area (Å²) in [5, 5.41) is 0. The Kier molecular flexibility index (Phi) is 3.77. The van der Waals surface area contributed by atoms with E-state index in [4.69, 9.17) is 0 Å². The van der Waals surface area contributed by atoms with Crippen molar-refractivity contribution in [1.29, 1.82) is 0 Å². The van der Waals surface area contributed by atoms with Crippen molar-refractivity contribution in [3.05, 3.63) is 51.2 Å². The molecule has 0 aliphatic heterocycles. The summed E-state index contributed by atoms with van der Waals surface area (Å²) in [6, 6.07) is 6.85. The molecule has 0 amide bonds. The van der Waals surface area contributed by atoms with Crippen LogP contribution in [0.25, 0.3) is 11.1 Å². The molecule has 1 heterocycles. The van der Waals surface area contributed by atoms with Crippen molar-refractivity contribution in [3.8, 4) is 11.1 Å². The molecule has 0 bridgehead atoms. The van der Waals surface area contributed by atoms with Gasteiger partial charge in [-0.1, -0.05) is 12.1 Å². The molecule has 6 heteroatoms. The first-order chi connectivity index (χ1) is 8.38. The molecule has 0 aliphatic carbocycles. The number of hydrogen-bond acceptors (Lipinski definition) is 1. The highest BCUT2D eigenvalue weighted by Crippen LogP contribution is 2.34. The van der Waals surface area contributed by atoms with Gasteiger partial charge in [0, 0.05) is 16.2 Å². The smallest absolute Gasteiger partial charge is 0.248 e. The number of halogens is 5. The molecule has 0 saturated heterocycles. The molecule has 18 heavy (non-hydrogen) atoms. The lowest BCUT2D eigenvalue weighted by Gasteiger charge is -2.10. The Morgan fingerprint density at radius 2 is 1.78 bits per heavy atom. The summed E-state index contributed by atoms with van der Waals surface area (Å²) in [6.07, 6.45) is -2.80. The molecule has 94 valence electrons. The first-order valence-corrected chi connectivity index (χ1v) is 6.45. The van der Waals surface area contributed by atoms with Gasteiger partial charge in [-0.15, -0.1) is 0 Å². The molecule has 0 atom stereocenters. The van der Waals surface area contributed by atoms with E-state index in [1.807, 2.05) is 0 Å². The number of rotatable bonds is 1. The Balaban J connectivity index is 2.55. The van der Waals surface area contributed by atoms with Crippen LogP contribution in [0.15, 0.2) is 45.6 Å². The van der Waals surface area contributed by atoms with Crippen LogP contribution in [-0.4, -0.2) is 4.98 Å². The summed E-state index contributed by atoms with van der Waals surface area (Å²) in [6.45, 7) is 0. The van der Waals surface area contributed by atoms with E-state index < -0.39 is 11.7 Å². The second kappa shape index (κ2) is 5.01. The average molecular weight is 381 g/mol. The van der Waals surface area contributed by atoms with Crippen LogP contribution in [0.1, 0.15) is 5.56 Å². The predicted molar refractivity (Wildman–Crippen MR) is 70.1 cm³/mol. The fourth-order valence-corrected chi connectivity index (χ4v) is 2.27. The van der Waals surface area contributed by atoms with Crippen molar-refractivity contribution < 1.29 is 13.2 Å². The molecule has 0 fully saturated rings. The van der Waals surface area contributed by atoms with Crippen LogP contribution in [-0.2, 0) is 6.18 Å². The van der Waals surface area contributed by atoms with E-state index in [-0.39, 0.29) is 0 Å². The fraction of sp³-hybridized carbons (Fsp3) is 0.0833. The number of hydrogen-bond donors (Lipinski definition) is 0. The zero-order valence-corrected chi connectivity index (χ0v) is 12.0. The minimum absolute atomic E-state index is 0.486. The fourth-order valence-electron chi connectivity index (χ4n) is 1.50. The lowest BCUT2D eigenvalue weighted by Crippen LogP contribution is -2.04. The van der Waals surface area contributed by atoms with Gasteiger partial charge >= 0.3 is 6.18 Å². The average Bonchev–Trinajstić information content (AvgIpc) is 2.31. The first kappa shape index (κ1) is 13.5. The lowest BCUT2D eigenvalue weighted by atomic mass is 10.0. The number of alkyl halides is 3. The predicted octanol–water partition coefficient (Wildman–Crippen LogP) is 5.29. The third kappa shape index (κ3) is 2.92. The van der Waals surface area contributed by atoms with Gasteiger partial charge in [0.05, 0.1) is 5.56 Å². The maximum absolute atomic E-state index is 12.6. The molecule has 0 radical (unpaired) electrons. The van der Waals surface area contributed by atoms with E-state index in [1.165, 1.54) is 6.07 Å². The highest BCUT2D eigenvalue weighted by molar-refractivity contribution is 9.11. The second-order valence-electron chi connectivity index (χ2n) is 3.57. The Hall–Kier alpha value is -0.880. The normalized spacial score (nSPS) is 11.6. The van der Waals surface area contributed by atoms with Gasteiger partial charge < -0.3 is 0 Å². The van der Waals surface area contributed by atoms with Gasteiger partial charge in [-0.2, -0.15) is 13.2 Å². The molecule has 0 N–H and O–H groups in total. The maximum Gasteiger partial charge on any atom is 0.416 e. The van der Waals surface area contributed by atoms with Crippen molar-refractivity contribution in [1.82, 2.24) is 4.98 Å². The van der Waals surface area contributed by atoms with Crippen molar-refractivity contribution in [2.75, 3.05) is 0 Å². The van der Waals surface area contributed by atoms with Gasteiger partial charge in [0.25, 0.3) is 0 Å².